The van der Waals surface area contributed by atoms with Gasteiger partial charge in [-0.3, -0.25) is 4.79 Å². The van der Waals surface area contributed by atoms with E-state index in [0.717, 1.165) is 52.2 Å². The summed E-state index contributed by atoms with van der Waals surface area (Å²) < 4.78 is 13.9. The van der Waals surface area contributed by atoms with E-state index in [1.54, 1.807) is 7.11 Å². The van der Waals surface area contributed by atoms with Crippen LogP contribution in [0.5, 0.6) is 11.5 Å². The maximum Gasteiger partial charge on any atom is 0.311 e. The minimum absolute atomic E-state index is 0.197. The van der Waals surface area contributed by atoms with Crippen molar-refractivity contribution in [2.24, 2.45) is 0 Å². The zero-order chi connectivity index (χ0) is 26.6. The molecule has 3 aromatic carbocycles. The lowest BCUT2D eigenvalue weighted by Crippen LogP contribution is -2.15. The van der Waals surface area contributed by atoms with E-state index < -0.39 is 11.9 Å². The highest BCUT2D eigenvalue weighted by molar-refractivity contribution is 5.77. The normalized spacial score (nSPS) is 14.4. The Kier molecular flexibility index (Phi) is 7.50. The lowest BCUT2D eigenvalue weighted by Gasteiger charge is -2.17. The van der Waals surface area contributed by atoms with Crippen LogP contribution >= 0.6 is 0 Å². The minimum atomic E-state index is -0.862. The van der Waals surface area contributed by atoms with E-state index in [9.17, 15) is 9.90 Å². The third-order valence-electron chi connectivity index (χ3n) is 7.25. The standard InChI is InChI=1S/C32H34N2O4/c1-21-11-14-26(15-12-21)34-29(24-13-16-30(37-3)31(18-24)38-27-9-4-5-10-27)20-25(33-34)19-28(32(35)36)23-8-6-7-22(2)17-23/h6-8,11-18,20,27-28H,4-5,9-10,19H2,1-3H3,(H,35,36). The van der Waals surface area contributed by atoms with Crippen LogP contribution in [0.25, 0.3) is 16.9 Å². The van der Waals surface area contributed by atoms with Crippen LogP contribution in [-0.2, 0) is 11.2 Å². The molecule has 1 aliphatic carbocycles. The second kappa shape index (κ2) is 11.1. The fourth-order valence-electron chi connectivity index (χ4n) is 5.18. The summed E-state index contributed by atoms with van der Waals surface area (Å²) in [6.07, 6.45) is 4.95. The number of methoxy groups -OCH3 is 1. The molecule has 1 atom stereocenters. The Bertz CT molecular complexity index is 1420. The van der Waals surface area contributed by atoms with E-state index in [1.165, 1.54) is 12.8 Å². The average molecular weight is 511 g/mol. The van der Waals surface area contributed by atoms with Gasteiger partial charge in [-0.2, -0.15) is 5.10 Å². The lowest BCUT2D eigenvalue weighted by molar-refractivity contribution is -0.138. The molecule has 4 aromatic rings. The Labute approximate surface area is 223 Å². The van der Waals surface area contributed by atoms with E-state index in [4.69, 9.17) is 14.6 Å². The molecule has 6 nitrogen and oxygen atoms in total. The molecule has 0 amide bonds. The van der Waals surface area contributed by atoms with Gasteiger partial charge in [-0.1, -0.05) is 47.5 Å². The van der Waals surface area contributed by atoms with Crippen LogP contribution in [-0.4, -0.2) is 34.1 Å². The lowest BCUT2D eigenvalue weighted by atomic mass is 9.93. The van der Waals surface area contributed by atoms with E-state index in [-0.39, 0.29) is 12.5 Å². The Morgan fingerprint density at radius 2 is 1.74 bits per heavy atom. The summed E-state index contributed by atoms with van der Waals surface area (Å²) in [4.78, 5) is 12.3. The van der Waals surface area contributed by atoms with Gasteiger partial charge in [-0.15, -0.1) is 0 Å². The van der Waals surface area contributed by atoms with E-state index in [1.807, 2.05) is 72.3 Å². The van der Waals surface area contributed by atoms with Gasteiger partial charge >= 0.3 is 5.97 Å². The highest BCUT2D eigenvalue weighted by Gasteiger charge is 2.24. The summed E-state index contributed by atoms with van der Waals surface area (Å²) in [5, 5.41) is 15.0. The zero-order valence-corrected chi connectivity index (χ0v) is 22.2. The van der Waals surface area contributed by atoms with E-state index in [2.05, 4.69) is 19.1 Å². The number of carboxylic acids is 1. The van der Waals surface area contributed by atoms with Crippen molar-refractivity contribution in [3.63, 3.8) is 0 Å². The smallest absolute Gasteiger partial charge is 0.311 e. The average Bonchev–Trinajstić information content (AvgIpc) is 3.58. The molecule has 1 aliphatic rings. The largest absolute Gasteiger partial charge is 0.493 e. The van der Waals surface area contributed by atoms with Crippen LogP contribution in [0.15, 0.2) is 72.8 Å². The Hall–Kier alpha value is -4.06. The fraction of sp³-hybridized carbons (Fsp3) is 0.312. The van der Waals surface area contributed by atoms with Crippen molar-refractivity contribution >= 4 is 5.97 Å². The number of aliphatic carboxylic acids is 1. The molecule has 0 saturated heterocycles. The van der Waals surface area contributed by atoms with Crippen LogP contribution in [0.2, 0.25) is 0 Å². The summed E-state index contributed by atoms with van der Waals surface area (Å²) in [6.45, 7) is 4.02. The van der Waals surface area contributed by atoms with Crippen molar-refractivity contribution < 1.29 is 19.4 Å². The van der Waals surface area contributed by atoms with Gasteiger partial charge < -0.3 is 14.6 Å². The molecule has 1 unspecified atom stereocenters. The minimum Gasteiger partial charge on any atom is -0.493 e. The fourth-order valence-corrected chi connectivity index (χ4v) is 5.18. The van der Waals surface area contributed by atoms with Crippen LogP contribution in [0.4, 0.5) is 0 Å². The van der Waals surface area contributed by atoms with Gasteiger partial charge in [0.1, 0.15) is 0 Å². The van der Waals surface area contributed by atoms with Gasteiger partial charge in [0.15, 0.2) is 11.5 Å². The molecule has 0 aliphatic heterocycles. The molecule has 0 radical (unpaired) electrons. The first-order valence-electron chi connectivity index (χ1n) is 13.2. The molecule has 38 heavy (non-hydrogen) atoms. The molecule has 1 aromatic heterocycles. The Morgan fingerprint density at radius 1 is 0.974 bits per heavy atom. The summed E-state index contributed by atoms with van der Waals surface area (Å²) >= 11 is 0. The van der Waals surface area contributed by atoms with Crippen molar-refractivity contribution in [3.05, 3.63) is 95.2 Å². The first kappa shape index (κ1) is 25.6. The van der Waals surface area contributed by atoms with Crippen LogP contribution in [0.1, 0.15) is 54.0 Å². The molecule has 1 saturated carbocycles. The van der Waals surface area contributed by atoms with Gasteiger partial charge in [-0.05, 0) is 81.5 Å². The van der Waals surface area contributed by atoms with Gasteiger partial charge in [-0.25, -0.2) is 4.68 Å². The second-order valence-corrected chi connectivity index (χ2v) is 10.2. The third kappa shape index (κ3) is 5.59. The summed E-state index contributed by atoms with van der Waals surface area (Å²) in [5.41, 5.74) is 6.40. The third-order valence-corrected chi connectivity index (χ3v) is 7.25. The molecule has 1 fully saturated rings. The van der Waals surface area contributed by atoms with Crippen molar-refractivity contribution in [3.8, 4) is 28.4 Å². The summed E-state index contributed by atoms with van der Waals surface area (Å²) in [6, 6.07) is 23.8. The highest BCUT2D eigenvalue weighted by Crippen LogP contribution is 2.37. The number of carboxylic acid groups (broad SMARTS) is 1. The summed E-state index contributed by atoms with van der Waals surface area (Å²) in [7, 11) is 1.66. The number of ether oxygens (including phenoxy) is 2. The number of hydrogen-bond donors (Lipinski definition) is 1. The maximum atomic E-state index is 12.3. The molecule has 196 valence electrons. The van der Waals surface area contributed by atoms with Crippen molar-refractivity contribution in [1.82, 2.24) is 9.78 Å². The van der Waals surface area contributed by atoms with Gasteiger partial charge in [0.05, 0.1) is 36.2 Å². The van der Waals surface area contributed by atoms with E-state index >= 15 is 0 Å². The molecule has 1 N–H and O–H groups in total. The SMILES string of the molecule is COc1ccc(-c2cc(CC(C(=O)O)c3cccc(C)c3)nn2-c2ccc(C)cc2)cc1OC1CCCC1. The number of hydrogen-bond acceptors (Lipinski definition) is 4. The molecule has 5 rings (SSSR count). The van der Waals surface area contributed by atoms with Gasteiger partial charge in [0.2, 0.25) is 0 Å². The molecular weight excluding hydrogens is 476 g/mol. The molecule has 0 bridgehead atoms. The number of carbonyl (C=O) groups is 1. The topological polar surface area (TPSA) is 73.6 Å². The predicted octanol–water partition coefficient (Wildman–Crippen LogP) is 6.90. The summed E-state index contributed by atoms with van der Waals surface area (Å²) in [5.74, 6) is -0.133. The van der Waals surface area contributed by atoms with Crippen LogP contribution in [0.3, 0.4) is 0 Å². The van der Waals surface area contributed by atoms with Crippen molar-refractivity contribution in [1.29, 1.82) is 0 Å². The van der Waals surface area contributed by atoms with E-state index in [0.29, 0.717) is 11.4 Å². The quantitative estimate of drug-likeness (QED) is 0.265. The number of rotatable bonds is 9. The van der Waals surface area contributed by atoms with Crippen molar-refractivity contribution in [2.45, 2.75) is 58.0 Å². The number of nitrogens with zero attached hydrogens (tertiary/aromatic N) is 2. The van der Waals surface area contributed by atoms with Crippen molar-refractivity contribution in [2.75, 3.05) is 7.11 Å². The molecule has 0 spiro atoms. The number of aromatic nitrogens is 2. The molecular formula is C32H34N2O4. The van der Waals surface area contributed by atoms with Crippen LogP contribution < -0.4 is 9.47 Å². The number of benzene rings is 3. The molecule has 1 heterocycles. The van der Waals surface area contributed by atoms with Gasteiger partial charge in [0, 0.05) is 12.0 Å². The molecule has 6 heteroatoms. The monoisotopic (exact) mass is 510 g/mol. The second-order valence-electron chi connectivity index (χ2n) is 10.2. The maximum absolute atomic E-state index is 12.3. The first-order valence-corrected chi connectivity index (χ1v) is 13.2. The predicted molar refractivity (Wildman–Crippen MR) is 148 cm³/mol. The Morgan fingerprint density at radius 3 is 2.42 bits per heavy atom. The zero-order valence-electron chi connectivity index (χ0n) is 22.2. The Balaban J connectivity index is 1.56. The van der Waals surface area contributed by atoms with Crippen LogP contribution in [0, 0.1) is 13.8 Å². The highest BCUT2D eigenvalue weighted by atomic mass is 16.5. The van der Waals surface area contributed by atoms with Gasteiger partial charge in [0.25, 0.3) is 0 Å². The number of aryl methyl sites for hydroxylation is 2. The first-order chi connectivity index (χ1) is 18.4.